The summed E-state index contributed by atoms with van der Waals surface area (Å²) in [6.45, 7) is 12.1. The molecule has 0 aromatic heterocycles. The predicted molar refractivity (Wildman–Crippen MR) is 136 cm³/mol. The lowest BCUT2D eigenvalue weighted by Gasteiger charge is -2.44. The fourth-order valence-corrected chi connectivity index (χ4v) is 4.93. The highest BCUT2D eigenvalue weighted by atomic mass is 16.5. The van der Waals surface area contributed by atoms with E-state index in [9.17, 15) is 4.79 Å². The monoisotopic (exact) mass is 467 g/mol. The zero-order valence-electron chi connectivity index (χ0n) is 21.7. The molecule has 0 spiro atoms. The Morgan fingerprint density at radius 1 is 1.12 bits per heavy atom. The molecule has 1 saturated heterocycles. The molecule has 0 N–H and O–H groups in total. The van der Waals surface area contributed by atoms with E-state index >= 15 is 0 Å². The number of methoxy groups -OCH3 is 1. The quantitative estimate of drug-likeness (QED) is 0.430. The van der Waals surface area contributed by atoms with Crippen molar-refractivity contribution in [1.29, 1.82) is 0 Å². The average Bonchev–Trinajstić information content (AvgIpc) is 2.82. The van der Waals surface area contributed by atoms with Crippen molar-refractivity contribution in [2.45, 2.75) is 78.0 Å². The molecule has 2 aromatic carbocycles. The van der Waals surface area contributed by atoms with Crippen LogP contribution < -0.4 is 9.47 Å². The van der Waals surface area contributed by atoms with Gasteiger partial charge in [0, 0.05) is 37.6 Å². The first-order valence-electron chi connectivity index (χ1n) is 12.5. The van der Waals surface area contributed by atoms with E-state index in [1.807, 2.05) is 55.1 Å². The van der Waals surface area contributed by atoms with Gasteiger partial charge in [-0.1, -0.05) is 44.2 Å². The summed E-state index contributed by atoms with van der Waals surface area (Å²) in [6, 6.07) is 16.4. The molecule has 0 bridgehead atoms. The highest BCUT2D eigenvalue weighted by molar-refractivity contribution is 5.73. The third kappa shape index (κ3) is 6.53. The number of carbonyl (C=O) groups is 1. The molecule has 5 heteroatoms. The summed E-state index contributed by atoms with van der Waals surface area (Å²) in [4.78, 5) is 14.6. The van der Waals surface area contributed by atoms with E-state index in [0.29, 0.717) is 19.0 Å². The number of rotatable bonds is 10. The van der Waals surface area contributed by atoms with E-state index in [1.54, 1.807) is 14.0 Å². The molecule has 1 aliphatic rings. The van der Waals surface area contributed by atoms with Gasteiger partial charge in [-0.15, -0.1) is 0 Å². The Morgan fingerprint density at radius 3 is 2.44 bits per heavy atom. The number of hydrogen-bond donors (Lipinski definition) is 0. The highest BCUT2D eigenvalue weighted by Gasteiger charge is 2.41. The molecule has 1 aliphatic heterocycles. The molecule has 0 aliphatic carbocycles. The minimum absolute atomic E-state index is 0.0881. The summed E-state index contributed by atoms with van der Waals surface area (Å²) >= 11 is 0. The molecular formula is C29H41NO4. The van der Waals surface area contributed by atoms with Crippen LogP contribution in [0.2, 0.25) is 0 Å². The van der Waals surface area contributed by atoms with Gasteiger partial charge in [-0.05, 0) is 62.8 Å². The average molecular weight is 468 g/mol. The second kappa shape index (κ2) is 11.7. The smallest absolute Gasteiger partial charge is 0.219 e. The van der Waals surface area contributed by atoms with Crippen LogP contribution in [-0.2, 0) is 21.5 Å². The number of amides is 1. The second-order valence-corrected chi connectivity index (χ2v) is 10.1. The molecule has 0 unspecified atom stereocenters. The number of carbonyl (C=O) groups excluding carboxylic acids is 1. The predicted octanol–water partition coefficient (Wildman–Crippen LogP) is 5.99. The molecular weight excluding hydrogens is 426 g/mol. The molecule has 0 saturated carbocycles. The zero-order chi connectivity index (χ0) is 24.7. The largest absolute Gasteiger partial charge is 0.496 e. The molecule has 186 valence electrons. The number of benzene rings is 2. The van der Waals surface area contributed by atoms with Crippen molar-refractivity contribution in [3.05, 3.63) is 59.7 Å². The topological polar surface area (TPSA) is 48.0 Å². The molecule has 0 radical (unpaired) electrons. The fourth-order valence-electron chi connectivity index (χ4n) is 4.93. The van der Waals surface area contributed by atoms with Crippen molar-refractivity contribution < 1.29 is 19.0 Å². The first-order chi connectivity index (χ1) is 16.2. The zero-order valence-corrected chi connectivity index (χ0v) is 21.7. The van der Waals surface area contributed by atoms with Crippen molar-refractivity contribution in [3.8, 4) is 11.5 Å². The maximum Gasteiger partial charge on any atom is 0.219 e. The molecule has 34 heavy (non-hydrogen) atoms. The minimum atomic E-state index is -0.0948. The molecule has 1 fully saturated rings. The Kier molecular flexibility index (Phi) is 9.01. The van der Waals surface area contributed by atoms with Gasteiger partial charge < -0.3 is 19.1 Å². The number of nitrogens with zero attached hydrogens (tertiary/aromatic N) is 1. The molecule has 5 nitrogen and oxygen atoms in total. The maximum absolute atomic E-state index is 12.6. The summed E-state index contributed by atoms with van der Waals surface area (Å²) in [5.41, 5.74) is 2.23. The standard InChI is InChI=1S/C29H41NO4/c1-21(2)28-19-29(16-18-33-28,26-9-7-8-10-27(26)32-6)15-17-30(23(5)31)20-24-11-13-25(14-12-24)34-22(3)4/h7-14,21-22,28H,15-20H2,1-6H3/t28-,29+/m0/s1. The summed E-state index contributed by atoms with van der Waals surface area (Å²) in [7, 11) is 1.74. The van der Waals surface area contributed by atoms with E-state index in [0.717, 1.165) is 42.9 Å². The third-order valence-corrected chi connectivity index (χ3v) is 6.90. The van der Waals surface area contributed by atoms with Gasteiger partial charge in [0.2, 0.25) is 5.91 Å². The number of ether oxygens (including phenoxy) is 3. The normalized spacial score (nSPS) is 20.4. The SMILES string of the molecule is COc1ccccc1[C@]1(CCN(Cc2ccc(OC(C)C)cc2)C(C)=O)CCO[C@H](C(C)C)C1. The van der Waals surface area contributed by atoms with Crippen LogP contribution in [0, 0.1) is 5.92 Å². The van der Waals surface area contributed by atoms with E-state index in [4.69, 9.17) is 14.2 Å². The van der Waals surface area contributed by atoms with Gasteiger partial charge >= 0.3 is 0 Å². The molecule has 1 amide bonds. The van der Waals surface area contributed by atoms with Crippen LogP contribution in [0.5, 0.6) is 11.5 Å². The van der Waals surface area contributed by atoms with Crippen molar-refractivity contribution in [3.63, 3.8) is 0 Å². The summed E-state index contributed by atoms with van der Waals surface area (Å²) in [5, 5.41) is 0. The second-order valence-electron chi connectivity index (χ2n) is 10.1. The third-order valence-electron chi connectivity index (χ3n) is 6.90. The summed E-state index contributed by atoms with van der Waals surface area (Å²) in [5.74, 6) is 2.29. The van der Waals surface area contributed by atoms with Crippen LogP contribution in [0.4, 0.5) is 0 Å². The van der Waals surface area contributed by atoms with Gasteiger partial charge in [-0.25, -0.2) is 0 Å². The number of hydrogen-bond acceptors (Lipinski definition) is 4. The van der Waals surface area contributed by atoms with E-state index in [-0.39, 0.29) is 23.5 Å². The Balaban J connectivity index is 1.81. The van der Waals surface area contributed by atoms with Crippen molar-refractivity contribution >= 4 is 5.91 Å². The van der Waals surface area contributed by atoms with Crippen molar-refractivity contribution in [2.24, 2.45) is 5.92 Å². The minimum Gasteiger partial charge on any atom is -0.496 e. The molecule has 2 atom stereocenters. The van der Waals surface area contributed by atoms with Crippen LogP contribution >= 0.6 is 0 Å². The Morgan fingerprint density at radius 2 is 1.82 bits per heavy atom. The van der Waals surface area contributed by atoms with Gasteiger partial charge in [0.25, 0.3) is 0 Å². The Labute approximate surface area is 205 Å². The summed E-state index contributed by atoms with van der Waals surface area (Å²) < 4.78 is 17.7. The van der Waals surface area contributed by atoms with Crippen LogP contribution in [0.1, 0.15) is 65.0 Å². The van der Waals surface area contributed by atoms with Crippen molar-refractivity contribution in [1.82, 2.24) is 4.90 Å². The van der Waals surface area contributed by atoms with Crippen LogP contribution in [0.15, 0.2) is 48.5 Å². The van der Waals surface area contributed by atoms with Crippen LogP contribution in [0.25, 0.3) is 0 Å². The van der Waals surface area contributed by atoms with Crippen LogP contribution in [-0.4, -0.2) is 43.3 Å². The van der Waals surface area contributed by atoms with Gasteiger partial charge in [0.1, 0.15) is 11.5 Å². The fraction of sp³-hybridized carbons (Fsp3) is 0.552. The molecule has 3 rings (SSSR count). The maximum atomic E-state index is 12.6. The molecule has 2 aromatic rings. The van der Waals surface area contributed by atoms with E-state index in [1.165, 1.54) is 5.56 Å². The van der Waals surface area contributed by atoms with E-state index < -0.39 is 0 Å². The molecule has 1 heterocycles. The lowest BCUT2D eigenvalue weighted by molar-refractivity contribution is -0.130. The lowest BCUT2D eigenvalue weighted by atomic mass is 9.68. The summed E-state index contributed by atoms with van der Waals surface area (Å²) in [6.07, 6.45) is 3.05. The van der Waals surface area contributed by atoms with Gasteiger partial charge in [0.15, 0.2) is 0 Å². The van der Waals surface area contributed by atoms with Gasteiger partial charge in [-0.3, -0.25) is 4.79 Å². The van der Waals surface area contributed by atoms with E-state index in [2.05, 4.69) is 26.0 Å². The first-order valence-corrected chi connectivity index (χ1v) is 12.5. The lowest BCUT2D eigenvalue weighted by Crippen LogP contribution is -2.43. The Hall–Kier alpha value is -2.53. The first kappa shape index (κ1) is 26.1. The van der Waals surface area contributed by atoms with Gasteiger partial charge in [-0.2, -0.15) is 0 Å². The number of para-hydroxylation sites is 1. The Bertz CT molecular complexity index is 924. The highest BCUT2D eigenvalue weighted by Crippen LogP contribution is 2.45. The van der Waals surface area contributed by atoms with Gasteiger partial charge in [0.05, 0.1) is 19.3 Å². The van der Waals surface area contributed by atoms with Crippen LogP contribution in [0.3, 0.4) is 0 Å². The van der Waals surface area contributed by atoms with Crippen molar-refractivity contribution in [2.75, 3.05) is 20.3 Å².